The summed E-state index contributed by atoms with van der Waals surface area (Å²) in [5.74, 6) is 2.64. The molecule has 4 heteroatoms. The van der Waals surface area contributed by atoms with Crippen molar-refractivity contribution in [2.24, 2.45) is 16.8 Å². The SMILES string of the molecule is CN=C(NCCCC(C)C)N(C)CCC1CCOCC1. The lowest BCUT2D eigenvalue weighted by Gasteiger charge is -2.26. The predicted octanol–water partition coefficient (Wildman–Crippen LogP) is 2.75. The highest BCUT2D eigenvalue weighted by Crippen LogP contribution is 2.18. The Morgan fingerprint density at radius 2 is 2.05 bits per heavy atom. The first-order valence-electron chi connectivity index (χ1n) is 8.13. The second kappa shape index (κ2) is 10.0. The van der Waals surface area contributed by atoms with Gasteiger partial charge in [0, 0.05) is 40.4 Å². The van der Waals surface area contributed by atoms with E-state index in [0.29, 0.717) is 0 Å². The molecule has 4 nitrogen and oxygen atoms in total. The Hall–Kier alpha value is -0.770. The third kappa shape index (κ3) is 7.13. The molecule has 1 rings (SSSR count). The Balaban J connectivity index is 2.19. The molecular formula is C16H33N3O. The minimum absolute atomic E-state index is 0.782. The molecule has 1 fully saturated rings. The van der Waals surface area contributed by atoms with Gasteiger partial charge in [0.2, 0.25) is 0 Å². The molecule has 0 amide bonds. The minimum atomic E-state index is 0.782. The van der Waals surface area contributed by atoms with E-state index in [9.17, 15) is 0 Å². The number of hydrogen-bond acceptors (Lipinski definition) is 2. The first-order valence-corrected chi connectivity index (χ1v) is 8.13. The highest BCUT2D eigenvalue weighted by Gasteiger charge is 2.15. The van der Waals surface area contributed by atoms with E-state index in [0.717, 1.165) is 44.1 Å². The summed E-state index contributed by atoms with van der Waals surface area (Å²) in [5, 5.41) is 3.46. The molecule has 0 saturated carbocycles. The van der Waals surface area contributed by atoms with Crippen molar-refractivity contribution < 1.29 is 4.74 Å². The van der Waals surface area contributed by atoms with Crippen LogP contribution in [0.5, 0.6) is 0 Å². The van der Waals surface area contributed by atoms with Gasteiger partial charge in [-0.25, -0.2) is 0 Å². The number of hydrogen-bond donors (Lipinski definition) is 1. The standard InChI is InChI=1S/C16H33N3O/c1-14(2)6-5-10-18-16(17-3)19(4)11-7-15-8-12-20-13-9-15/h14-15H,5-13H2,1-4H3,(H,17,18). The Labute approximate surface area is 125 Å². The molecule has 20 heavy (non-hydrogen) atoms. The summed E-state index contributed by atoms with van der Waals surface area (Å²) in [6.07, 6.45) is 6.16. The average Bonchev–Trinajstić information content (AvgIpc) is 2.45. The van der Waals surface area contributed by atoms with E-state index in [1.54, 1.807) is 0 Å². The maximum absolute atomic E-state index is 5.41. The van der Waals surface area contributed by atoms with Gasteiger partial charge in [-0.05, 0) is 43.9 Å². The summed E-state index contributed by atoms with van der Waals surface area (Å²) < 4.78 is 5.41. The van der Waals surface area contributed by atoms with E-state index in [1.165, 1.54) is 32.1 Å². The minimum Gasteiger partial charge on any atom is -0.381 e. The maximum atomic E-state index is 5.41. The Morgan fingerprint density at radius 1 is 1.35 bits per heavy atom. The van der Waals surface area contributed by atoms with Gasteiger partial charge in [-0.2, -0.15) is 0 Å². The van der Waals surface area contributed by atoms with Crippen LogP contribution in [0.15, 0.2) is 4.99 Å². The number of ether oxygens (including phenoxy) is 1. The van der Waals surface area contributed by atoms with Gasteiger partial charge < -0.3 is 15.0 Å². The molecule has 0 aromatic heterocycles. The third-order valence-electron chi connectivity index (χ3n) is 4.03. The molecule has 1 heterocycles. The van der Waals surface area contributed by atoms with Crippen LogP contribution in [-0.2, 0) is 4.74 Å². The molecule has 1 N–H and O–H groups in total. The first-order chi connectivity index (χ1) is 9.63. The summed E-state index contributed by atoms with van der Waals surface area (Å²) in [6, 6.07) is 0. The fourth-order valence-corrected chi connectivity index (χ4v) is 2.61. The molecule has 0 atom stereocenters. The summed E-state index contributed by atoms with van der Waals surface area (Å²) in [7, 11) is 4.01. The van der Waals surface area contributed by atoms with Gasteiger partial charge in [-0.15, -0.1) is 0 Å². The van der Waals surface area contributed by atoms with E-state index in [1.807, 2.05) is 7.05 Å². The van der Waals surface area contributed by atoms with Crippen LogP contribution < -0.4 is 5.32 Å². The maximum Gasteiger partial charge on any atom is 0.193 e. The van der Waals surface area contributed by atoms with Crippen LogP contribution in [0.25, 0.3) is 0 Å². The van der Waals surface area contributed by atoms with Crippen LogP contribution in [0.2, 0.25) is 0 Å². The molecule has 0 aromatic rings. The van der Waals surface area contributed by atoms with E-state index < -0.39 is 0 Å². The number of guanidine groups is 1. The molecule has 0 unspecified atom stereocenters. The normalized spacial score (nSPS) is 17.6. The zero-order chi connectivity index (χ0) is 14.8. The number of nitrogens with zero attached hydrogens (tertiary/aromatic N) is 2. The molecule has 0 bridgehead atoms. The quantitative estimate of drug-likeness (QED) is 0.443. The van der Waals surface area contributed by atoms with Crippen molar-refractivity contribution in [2.45, 2.75) is 46.0 Å². The lowest BCUT2D eigenvalue weighted by molar-refractivity contribution is 0.0625. The molecule has 1 saturated heterocycles. The van der Waals surface area contributed by atoms with Crippen LogP contribution >= 0.6 is 0 Å². The van der Waals surface area contributed by atoms with Gasteiger partial charge in [0.25, 0.3) is 0 Å². The summed E-state index contributed by atoms with van der Waals surface area (Å²) in [6.45, 7) is 8.53. The summed E-state index contributed by atoms with van der Waals surface area (Å²) in [5.41, 5.74) is 0. The van der Waals surface area contributed by atoms with Gasteiger partial charge in [-0.1, -0.05) is 13.8 Å². The largest absolute Gasteiger partial charge is 0.381 e. The van der Waals surface area contributed by atoms with Gasteiger partial charge in [0.1, 0.15) is 0 Å². The fourth-order valence-electron chi connectivity index (χ4n) is 2.61. The fraction of sp³-hybridized carbons (Fsp3) is 0.938. The molecule has 0 aliphatic carbocycles. The van der Waals surface area contributed by atoms with Crippen molar-refractivity contribution >= 4 is 5.96 Å². The van der Waals surface area contributed by atoms with Crippen molar-refractivity contribution in [2.75, 3.05) is 40.4 Å². The average molecular weight is 283 g/mol. The predicted molar refractivity (Wildman–Crippen MR) is 86.2 cm³/mol. The lowest BCUT2D eigenvalue weighted by Crippen LogP contribution is -2.40. The number of nitrogens with one attached hydrogen (secondary N) is 1. The van der Waals surface area contributed by atoms with E-state index in [2.05, 4.69) is 36.1 Å². The van der Waals surface area contributed by atoms with Crippen molar-refractivity contribution in [3.63, 3.8) is 0 Å². The van der Waals surface area contributed by atoms with Gasteiger partial charge in [-0.3, -0.25) is 4.99 Å². The van der Waals surface area contributed by atoms with E-state index in [4.69, 9.17) is 4.74 Å². The molecule has 118 valence electrons. The van der Waals surface area contributed by atoms with Crippen LogP contribution in [0.3, 0.4) is 0 Å². The van der Waals surface area contributed by atoms with Crippen LogP contribution in [0.1, 0.15) is 46.0 Å². The molecule has 0 radical (unpaired) electrons. The van der Waals surface area contributed by atoms with Crippen LogP contribution in [0.4, 0.5) is 0 Å². The second-order valence-electron chi connectivity index (χ2n) is 6.28. The zero-order valence-electron chi connectivity index (χ0n) is 13.8. The highest BCUT2D eigenvalue weighted by molar-refractivity contribution is 5.79. The van der Waals surface area contributed by atoms with Crippen molar-refractivity contribution in [3.8, 4) is 0 Å². The van der Waals surface area contributed by atoms with Gasteiger partial charge in [0.15, 0.2) is 5.96 Å². The highest BCUT2D eigenvalue weighted by atomic mass is 16.5. The Bertz CT molecular complexity index is 273. The van der Waals surface area contributed by atoms with Gasteiger partial charge in [0.05, 0.1) is 0 Å². The monoisotopic (exact) mass is 283 g/mol. The van der Waals surface area contributed by atoms with Crippen LogP contribution in [0, 0.1) is 11.8 Å². The number of rotatable bonds is 7. The molecular weight excluding hydrogens is 250 g/mol. The Morgan fingerprint density at radius 3 is 2.65 bits per heavy atom. The van der Waals surface area contributed by atoms with Crippen molar-refractivity contribution in [1.29, 1.82) is 0 Å². The third-order valence-corrected chi connectivity index (χ3v) is 4.03. The summed E-state index contributed by atoms with van der Waals surface area (Å²) in [4.78, 5) is 6.63. The molecule has 1 aliphatic heterocycles. The van der Waals surface area contributed by atoms with Gasteiger partial charge >= 0.3 is 0 Å². The molecule has 0 spiro atoms. The van der Waals surface area contributed by atoms with E-state index >= 15 is 0 Å². The van der Waals surface area contributed by atoms with Crippen molar-refractivity contribution in [1.82, 2.24) is 10.2 Å². The second-order valence-corrected chi connectivity index (χ2v) is 6.28. The van der Waals surface area contributed by atoms with E-state index in [-0.39, 0.29) is 0 Å². The lowest BCUT2D eigenvalue weighted by atomic mass is 9.96. The molecule has 1 aliphatic rings. The number of aliphatic imine (C=N–C) groups is 1. The topological polar surface area (TPSA) is 36.9 Å². The van der Waals surface area contributed by atoms with Crippen LogP contribution in [-0.4, -0.2) is 51.3 Å². The summed E-state index contributed by atoms with van der Waals surface area (Å²) >= 11 is 0. The first kappa shape index (κ1) is 17.3. The van der Waals surface area contributed by atoms with Crippen molar-refractivity contribution in [3.05, 3.63) is 0 Å². The Kier molecular flexibility index (Phi) is 8.67. The molecule has 0 aromatic carbocycles. The smallest absolute Gasteiger partial charge is 0.193 e. The zero-order valence-corrected chi connectivity index (χ0v) is 13.8.